The van der Waals surface area contributed by atoms with Crippen LogP contribution >= 0.6 is 0 Å². The van der Waals surface area contributed by atoms with Gasteiger partial charge in [-0.2, -0.15) is 4.31 Å². The largest absolute Gasteiger partial charge is 0.494 e. The lowest BCUT2D eigenvalue weighted by Crippen LogP contribution is -2.34. The van der Waals surface area contributed by atoms with Gasteiger partial charge in [0.15, 0.2) is 0 Å². The van der Waals surface area contributed by atoms with Crippen LogP contribution in [-0.2, 0) is 10.0 Å². The molecule has 1 saturated heterocycles. The lowest BCUT2D eigenvalue weighted by atomic mass is 10.1. The molecule has 1 aliphatic rings. The van der Waals surface area contributed by atoms with Crippen molar-refractivity contribution in [3.63, 3.8) is 0 Å². The Bertz CT molecular complexity index is 557. The molecule has 1 aromatic carbocycles. The second-order valence-electron chi connectivity index (χ2n) is 5.58. The lowest BCUT2D eigenvalue weighted by molar-refractivity contribution is 0.317. The Morgan fingerprint density at radius 3 is 2.52 bits per heavy atom. The number of rotatable bonds is 6. The maximum atomic E-state index is 12.7. The molecule has 1 heterocycles. The highest BCUT2D eigenvalue weighted by atomic mass is 32.2. The van der Waals surface area contributed by atoms with Crippen LogP contribution in [0, 0.1) is 5.92 Å². The van der Waals surface area contributed by atoms with Gasteiger partial charge in [0.25, 0.3) is 0 Å². The van der Waals surface area contributed by atoms with Crippen LogP contribution in [0.25, 0.3) is 0 Å². The summed E-state index contributed by atoms with van der Waals surface area (Å²) in [7, 11) is -3.45. The lowest BCUT2D eigenvalue weighted by Gasteiger charge is -2.21. The van der Waals surface area contributed by atoms with Gasteiger partial charge < -0.3 is 10.5 Å². The first-order valence-corrected chi connectivity index (χ1v) is 8.87. The summed E-state index contributed by atoms with van der Waals surface area (Å²) in [5.74, 6) is 0.951. The molecule has 0 spiro atoms. The van der Waals surface area contributed by atoms with Crippen LogP contribution in [0.2, 0.25) is 0 Å². The molecule has 0 amide bonds. The van der Waals surface area contributed by atoms with E-state index in [1.807, 2.05) is 13.8 Å². The highest BCUT2D eigenvalue weighted by Crippen LogP contribution is 2.29. The van der Waals surface area contributed by atoms with E-state index in [1.165, 1.54) is 0 Å². The Balaban J connectivity index is 2.16. The zero-order valence-electron chi connectivity index (χ0n) is 12.7. The fraction of sp³-hybridized carbons (Fsp3) is 0.600. The van der Waals surface area contributed by atoms with Crippen molar-refractivity contribution in [3.8, 4) is 5.75 Å². The normalized spacial score (nSPS) is 23.4. The van der Waals surface area contributed by atoms with Crippen LogP contribution in [0.1, 0.15) is 26.7 Å². The third-order valence-corrected chi connectivity index (χ3v) is 5.84. The Kier molecular flexibility index (Phi) is 5.24. The summed E-state index contributed by atoms with van der Waals surface area (Å²) in [6.07, 6.45) is 1.75. The summed E-state index contributed by atoms with van der Waals surface area (Å²) >= 11 is 0. The van der Waals surface area contributed by atoms with Gasteiger partial charge in [0.2, 0.25) is 10.0 Å². The van der Waals surface area contributed by atoms with Gasteiger partial charge in [-0.3, -0.25) is 0 Å². The van der Waals surface area contributed by atoms with Crippen LogP contribution < -0.4 is 10.5 Å². The minimum Gasteiger partial charge on any atom is -0.494 e. The number of sulfonamides is 1. The minimum atomic E-state index is -3.45. The fourth-order valence-corrected chi connectivity index (χ4v) is 4.40. The first-order chi connectivity index (χ1) is 9.98. The number of hydrogen-bond acceptors (Lipinski definition) is 4. The summed E-state index contributed by atoms with van der Waals surface area (Å²) in [4.78, 5) is 0.316. The molecule has 0 saturated carbocycles. The van der Waals surface area contributed by atoms with E-state index in [2.05, 4.69) is 0 Å². The predicted octanol–water partition coefficient (Wildman–Crippen LogP) is 1.83. The molecule has 0 radical (unpaired) electrons. The zero-order valence-corrected chi connectivity index (χ0v) is 13.5. The van der Waals surface area contributed by atoms with Gasteiger partial charge in [0, 0.05) is 12.6 Å². The molecule has 0 aliphatic carbocycles. The molecule has 5 nitrogen and oxygen atoms in total. The van der Waals surface area contributed by atoms with E-state index < -0.39 is 10.0 Å². The van der Waals surface area contributed by atoms with Crippen molar-refractivity contribution in [2.75, 3.05) is 19.7 Å². The van der Waals surface area contributed by atoms with Gasteiger partial charge in [-0.25, -0.2) is 8.42 Å². The molecule has 0 aromatic heterocycles. The molecule has 2 N–H and O–H groups in total. The molecule has 1 fully saturated rings. The van der Waals surface area contributed by atoms with E-state index in [9.17, 15) is 8.42 Å². The predicted molar refractivity (Wildman–Crippen MR) is 82.7 cm³/mol. The summed E-state index contributed by atoms with van der Waals surface area (Å²) < 4.78 is 32.4. The van der Waals surface area contributed by atoms with Crippen molar-refractivity contribution in [3.05, 3.63) is 24.3 Å². The van der Waals surface area contributed by atoms with Crippen LogP contribution in [0.4, 0.5) is 0 Å². The highest BCUT2D eigenvalue weighted by molar-refractivity contribution is 7.89. The smallest absolute Gasteiger partial charge is 0.243 e. The molecule has 2 atom stereocenters. The molecular formula is C15H24N2O3S. The van der Waals surface area contributed by atoms with Gasteiger partial charge in [-0.15, -0.1) is 0 Å². The van der Waals surface area contributed by atoms with E-state index in [0.29, 0.717) is 30.3 Å². The Morgan fingerprint density at radius 1 is 1.33 bits per heavy atom. The first kappa shape index (κ1) is 16.3. The van der Waals surface area contributed by atoms with E-state index in [-0.39, 0.29) is 12.0 Å². The quantitative estimate of drug-likeness (QED) is 0.870. The van der Waals surface area contributed by atoms with Crippen molar-refractivity contribution in [1.82, 2.24) is 4.31 Å². The standard InChI is InChI=1S/C15H24N2O3S/c1-3-8-20-14-4-6-15(7-5-14)21(18,19)17-11-13(10-16)9-12(17)2/h4-7,12-13H,3,8-11,16H2,1-2H3. The highest BCUT2D eigenvalue weighted by Gasteiger charge is 2.37. The molecule has 2 rings (SSSR count). The average molecular weight is 312 g/mol. The minimum absolute atomic E-state index is 0.000400. The second kappa shape index (κ2) is 6.77. The molecule has 6 heteroatoms. The van der Waals surface area contributed by atoms with Crippen molar-refractivity contribution in [2.45, 2.75) is 37.6 Å². The Labute approximate surface area is 127 Å². The maximum Gasteiger partial charge on any atom is 0.243 e. The monoisotopic (exact) mass is 312 g/mol. The van der Waals surface area contributed by atoms with Crippen LogP contribution in [0.3, 0.4) is 0 Å². The molecule has 1 aromatic rings. The van der Waals surface area contributed by atoms with E-state index >= 15 is 0 Å². The van der Waals surface area contributed by atoms with E-state index in [0.717, 1.165) is 12.8 Å². The van der Waals surface area contributed by atoms with Crippen LogP contribution in [-0.4, -0.2) is 38.5 Å². The van der Waals surface area contributed by atoms with Crippen molar-refractivity contribution in [1.29, 1.82) is 0 Å². The van der Waals surface area contributed by atoms with Gasteiger partial charge in [-0.1, -0.05) is 6.92 Å². The number of ether oxygens (including phenoxy) is 1. The summed E-state index contributed by atoms with van der Waals surface area (Å²) in [5.41, 5.74) is 5.67. The average Bonchev–Trinajstić information content (AvgIpc) is 2.87. The number of hydrogen-bond donors (Lipinski definition) is 1. The SMILES string of the molecule is CCCOc1ccc(S(=O)(=O)N2CC(CN)CC2C)cc1. The topological polar surface area (TPSA) is 72.6 Å². The third-order valence-electron chi connectivity index (χ3n) is 3.84. The van der Waals surface area contributed by atoms with Crippen molar-refractivity contribution < 1.29 is 13.2 Å². The molecule has 118 valence electrons. The maximum absolute atomic E-state index is 12.7. The van der Waals surface area contributed by atoms with Gasteiger partial charge >= 0.3 is 0 Å². The second-order valence-corrected chi connectivity index (χ2v) is 7.47. The van der Waals surface area contributed by atoms with Gasteiger partial charge in [-0.05, 0) is 56.5 Å². The van der Waals surface area contributed by atoms with E-state index in [1.54, 1.807) is 28.6 Å². The first-order valence-electron chi connectivity index (χ1n) is 7.43. The van der Waals surface area contributed by atoms with Crippen LogP contribution in [0.15, 0.2) is 29.2 Å². The summed E-state index contributed by atoms with van der Waals surface area (Å²) in [6, 6.07) is 6.65. The van der Waals surface area contributed by atoms with Crippen molar-refractivity contribution in [2.24, 2.45) is 11.7 Å². The van der Waals surface area contributed by atoms with Crippen molar-refractivity contribution >= 4 is 10.0 Å². The zero-order chi connectivity index (χ0) is 15.5. The number of nitrogens with zero attached hydrogens (tertiary/aromatic N) is 1. The third kappa shape index (κ3) is 3.56. The van der Waals surface area contributed by atoms with E-state index in [4.69, 9.17) is 10.5 Å². The molecule has 2 unspecified atom stereocenters. The molecule has 0 bridgehead atoms. The Morgan fingerprint density at radius 2 is 2.00 bits per heavy atom. The molecular weight excluding hydrogens is 288 g/mol. The fourth-order valence-electron chi connectivity index (χ4n) is 2.68. The molecule has 1 aliphatic heterocycles. The number of nitrogens with two attached hydrogens (primary N) is 1. The summed E-state index contributed by atoms with van der Waals surface area (Å²) in [5, 5.41) is 0. The van der Waals surface area contributed by atoms with Gasteiger partial charge in [0.05, 0.1) is 11.5 Å². The number of benzene rings is 1. The molecule has 21 heavy (non-hydrogen) atoms. The van der Waals surface area contributed by atoms with Crippen LogP contribution in [0.5, 0.6) is 5.75 Å². The Hall–Kier alpha value is -1.11. The summed E-state index contributed by atoms with van der Waals surface area (Å²) in [6.45, 7) is 5.63. The van der Waals surface area contributed by atoms with Gasteiger partial charge in [0.1, 0.15) is 5.75 Å².